The number of nitrogens with one attached hydrogen (secondary N) is 1. The number of fused-ring (bicyclic) bond motifs is 1. The number of thioether (sulfide) groups is 1. The number of aliphatic hydroxyl groups is 3. The van der Waals surface area contributed by atoms with Gasteiger partial charge in [-0.3, -0.25) is 0 Å². The first-order valence-corrected chi connectivity index (χ1v) is 11.6. The van der Waals surface area contributed by atoms with Crippen molar-refractivity contribution in [2.75, 3.05) is 24.2 Å². The zero-order valence-electron chi connectivity index (χ0n) is 31.5. The number of aliphatic hydroxyl groups excluding tert-OH is 1. The Morgan fingerprint density at radius 2 is 2.19 bits per heavy atom. The van der Waals surface area contributed by atoms with Gasteiger partial charge in [0.05, 0.1) is 37.6 Å². The van der Waals surface area contributed by atoms with E-state index in [4.69, 9.17) is 17.9 Å². The highest BCUT2D eigenvalue weighted by atomic mass is 32.2. The van der Waals surface area contributed by atoms with Gasteiger partial charge in [-0.1, -0.05) is 29.9 Å². The van der Waals surface area contributed by atoms with Crippen LogP contribution in [0.1, 0.15) is 60.1 Å². The Balaban J connectivity index is 1.70. The maximum absolute atomic E-state index is 14.4. The Morgan fingerprint density at radius 3 is 2.97 bits per heavy atom. The molecule has 13 heteroatoms. The van der Waals surface area contributed by atoms with E-state index in [1.54, 1.807) is 6.92 Å². The van der Waals surface area contributed by atoms with Crippen molar-refractivity contribution in [1.82, 2.24) is 25.0 Å². The molecular formula is C23H28F2N6O4S. The van der Waals surface area contributed by atoms with Crippen molar-refractivity contribution < 1.29 is 46.7 Å². The van der Waals surface area contributed by atoms with Gasteiger partial charge in [-0.05, 0) is 30.5 Å². The van der Waals surface area contributed by atoms with Crippen LogP contribution in [0.4, 0.5) is 14.6 Å². The molecule has 194 valence electrons. The van der Waals surface area contributed by atoms with Crippen LogP contribution in [0.15, 0.2) is 23.3 Å². The number of anilines is 1. The van der Waals surface area contributed by atoms with E-state index in [2.05, 4.69) is 25.0 Å². The number of rotatable bonds is 10. The summed E-state index contributed by atoms with van der Waals surface area (Å²) in [6, 6.07) is -8.49. The first-order valence-electron chi connectivity index (χ1n) is 17.0. The maximum Gasteiger partial charge on any atom is 0.191 e. The van der Waals surface area contributed by atoms with E-state index >= 15 is 0 Å². The van der Waals surface area contributed by atoms with Crippen LogP contribution in [-0.4, -0.2) is 83.5 Å². The molecule has 0 radical (unpaired) electrons. The zero-order valence-corrected chi connectivity index (χ0v) is 19.3. The lowest BCUT2D eigenvalue weighted by atomic mass is 10.1. The number of aromatic nitrogens is 5. The third kappa shape index (κ3) is 4.90. The largest absolute Gasteiger partial charge is 0.394 e. The fourth-order valence-electron chi connectivity index (χ4n) is 3.27. The molecule has 6 atom stereocenters. The Kier molecular flexibility index (Phi) is 4.06. The normalized spacial score (nSPS) is 44.8. The highest BCUT2D eigenvalue weighted by molar-refractivity contribution is 7.99. The second kappa shape index (κ2) is 10.5. The van der Waals surface area contributed by atoms with Crippen molar-refractivity contribution in [3.05, 3.63) is 35.3 Å². The summed E-state index contributed by atoms with van der Waals surface area (Å²) in [7, 11) is 0. The predicted molar refractivity (Wildman–Crippen MR) is 128 cm³/mol. The SMILES string of the molecule is [2H]c1c([2H])c(C2([2H])C[C@@H]2N([2H])c2nc(SCCC)nc3c2nnn3[C@]2([2H])C([2H])([2H])[C@]([2H])(OC([2H])([2H])CO)[C@@]([2H])(O)[C@@]2([2H])O)c([2H])c(F)c1F. The van der Waals surface area contributed by atoms with Gasteiger partial charge >= 0.3 is 0 Å². The molecule has 36 heavy (non-hydrogen) atoms. The number of ether oxygens (including phenoxy) is 1. The van der Waals surface area contributed by atoms with Crippen molar-refractivity contribution in [2.45, 2.75) is 67.5 Å². The van der Waals surface area contributed by atoms with Crippen LogP contribution in [0.25, 0.3) is 11.2 Å². The number of hydrogen-bond acceptors (Lipinski definition) is 10. The van der Waals surface area contributed by atoms with Gasteiger partial charge in [0.15, 0.2) is 35.2 Å². The lowest BCUT2D eigenvalue weighted by Crippen LogP contribution is -2.33. The smallest absolute Gasteiger partial charge is 0.191 e. The monoisotopic (exact) mass is 535 g/mol. The third-order valence-corrected chi connectivity index (χ3v) is 6.08. The van der Waals surface area contributed by atoms with Crippen LogP contribution >= 0.6 is 11.8 Å². The first kappa shape index (κ1) is 13.9. The summed E-state index contributed by atoms with van der Waals surface area (Å²) >= 11 is 0.956. The quantitative estimate of drug-likeness (QED) is 0.225. The average molecular weight is 536 g/mol. The zero-order chi connectivity index (χ0) is 37.1. The molecule has 1 unspecified atom stereocenters. The minimum atomic E-state index is -4.18. The molecule has 2 saturated carbocycles. The summed E-state index contributed by atoms with van der Waals surface area (Å²) in [5, 5.41) is 39.3. The second-order valence-electron chi connectivity index (χ2n) is 7.51. The lowest BCUT2D eigenvalue weighted by Gasteiger charge is -2.17. The molecule has 2 aliphatic carbocycles. The molecule has 0 saturated heterocycles. The van der Waals surface area contributed by atoms with Gasteiger partial charge in [0.25, 0.3) is 0 Å². The first-order chi connectivity index (χ1) is 22.3. The molecular weight excluding hydrogens is 494 g/mol. The van der Waals surface area contributed by atoms with Gasteiger partial charge in [0.2, 0.25) is 0 Å². The van der Waals surface area contributed by atoms with Crippen LogP contribution in [0.2, 0.25) is 1.41 Å². The van der Waals surface area contributed by atoms with Crippen LogP contribution in [0.3, 0.4) is 0 Å². The number of benzene rings is 1. The van der Waals surface area contributed by atoms with E-state index in [9.17, 15) is 24.1 Å². The topological polar surface area (TPSA) is 138 Å². The average Bonchev–Trinajstić information content (AvgIpc) is 3.51. The maximum atomic E-state index is 14.4. The highest BCUT2D eigenvalue weighted by Crippen LogP contribution is 2.44. The molecule has 5 rings (SSSR count). The Labute approximate surface area is 228 Å². The lowest BCUT2D eigenvalue weighted by molar-refractivity contribution is -0.0629. The molecule has 2 fully saturated rings. The number of hydrogen-bond donors (Lipinski definition) is 4. The molecule has 1 aromatic carbocycles. The van der Waals surface area contributed by atoms with Crippen molar-refractivity contribution >= 4 is 28.7 Å². The van der Waals surface area contributed by atoms with E-state index in [1.165, 1.54) is 0 Å². The van der Waals surface area contributed by atoms with Gasteiger partial charge in [0.1, 0.15) is 12.2 Å². The van der Waals surface area contributed by atoms with Crippen LogP contribution < -0.4 is 5.31 Å². The highest BCUT2D eigenvalue weighted by Gasteiger charge is 2.45. The van der Waals surface area contributed by atoms with E-state index in [0.29, 0.717) is 17.5 Å². The van der Waals surface area contributed by atoms with Gasteiger partial charge in [-0.2, -0.15) is 0 Å². The summed E-state index contributed by atoms with van der Waals surface area (Å²) in [4.78, 5) is 8.42. The summed E-state index contributed by atoms with van der Waals surface area (Å²) in [6.07, 6.45) is -16.1. The molecule has 3 aromatic rings. The van der Waals surface area contributed by atoms with Crippen LogP contribution in [0.5, 0.6) is 0 Å². The van der Waals surface area contributed by atoms with Crippen molar-refractivity contribution in [1.29, 1.82) is 0 Å². The Hall–Kier alpha value is -2.45. The fraction of sp³-hybridized carbons (Fsp3) is 0.565. The van der Waals surface area contributed by atoms with E-state index in [-0.39, 0.29) is 16.3 Å². The molecule has 2 aliphatic rings. The standard InChI is InChI=1S/C23H28F2N6O4S/c1-2-7-36-23-27-21(26-15-9-12(15)11-3-4-13(24)14(25)8-11)18-22(28-23)31(30-29-18)16-10-17(35-6-5-32)20(34)19(16)33/h3-4,8,12,15-17,19-20,32-34H,2,5-7,9-10H2,1H3,(H,26,27,28)/t12?,15-,16+,17-,19-,20+/m0/s1/i3D,4D,6D2,8D,10D2,12D,16D,17D,19D,20D/hD. The predicted octanol–water partition coefficient (Wildman–Crippen LogP) is 2.01. The molecule has 0 amide bonds. The summed E-state index contributed by atoms with van der Waals surface area (Å²) in [5.74, 6) is -5.82. The number of nitrogens with zero attached hydrogens (tertiary/aromatic N) is 5. The molecule has 2 heterocycles. The van der Waals surface area contributed by atoms with Gasteiger partial charge in [-0.25, -0.2) is 23.4 Å². The second-order valence-corrected chi connectivity index (χ2v) is 8.57. The third-order valence-electron chi connectivity index (χ3n) is 5.02. The van der Waals surface area contributed by atoms with E-state index in [1.807, 2.05) is 0 Å². The molecule has 0 aliphatic heterocycles. The van der Waals surface area contributed by atoms with Crippen molar-refractivity contribution in [3.63, 3.8) is 0 Å². The minimum Gasteiger partial charge on any atom is -0.394 e. The van der Waals surface area contributed by atoms with Crippen LogP contribution in [0, 0.1) is 11.6 Å². The molecule has 0 spiro atoms. The van der Waals surface area contributed by atoms with Gasteiger partial charge in [0, 0.05) is 28.2 Å². The van der Waals surface area contributed by atoms with E-state index in [0.717, 1.165) is 11.8 Å². The minimum absolute atomic E-state index is 0.129. The van der Waals surface area contributed by atoms with Crippen LogP contribution in [-0.2, 0) is 4.74 Å². The summed E-state index contributed by atoms with van der Waals surface area (Å²) in [6.45, 7) is -3.08. The number of halogens is 2. The fourth-order valence-corrected chi connectivity index (χ4v) is 3.96. The summed E-state index contributed by atoms with van der Waals surface area (Å²) in [5.41, 5.74) is -1.95. The molecule has 10 nitrogen and oxygen atoms in total. The Morgan fingerprint density at radius 1 is 1.36 bits per heavy atom. The van der Waals surface area contributed by atoms with Gasteiger partial charge < -0.3 is 25.4 Å². The van der Waals surface area contributed by atoms with E-state index < -0.39 is 108 Å². The molecule has 0 bridgehead atoms. The Bertz CT molecular complexity index is 1820. The van der Waals surface area contributed by atoms with Crippen molar-refractivity contribution in [3.8, 4) is 0 Å². The molecule has 2 aromatic heterocycles. The summed E-state index contributed by atoms with van der Waals surface area (Å²) < 4.78 is 142. The molecule has 4 N–H and O–H groups in total. The van der Waals surface area contributed by atoms with Gasteiger partial charge in [-0.15, -0.1) is 5.10 Å². The van der Waals surface area contributed by atoms with Crippen molar-refractivity contribution in [2.24, 2.45) is 0 Å².